The number of aliphatic carboxylic acids is 1. The van der Waals surface area contributed by atoms with Crippen LogP contribution in [0.4, 0.5) is 0 Å². The van der Waals surface area contributed by atoms with Crippen molar-refractivity contribution >= 4 is 23.3 Å². The molecule has 0 unspecified atom stereocenters. The molecule has 0 spiro atoms. The number of unbranched alkanes of at least 4 members (excludes halogenated alkanes) is 3. The van der Waals surface area contributed by atoms with Gasteiger partial charge in [-0.1, -0.05) is 66.6 Å². The first-order valence-electron chi connectivity index (χ1n) is 13.3. The van der Waals surface area contributed by atoms with Crippen molar-refractivity contribution in [3.8, 4) is 17.2 Å². The Hall–Kier alpha value is -4.07. The molecular weight excluding hydrogens is 528 g/mol. The predicted octanol–water partition coefficient (Wildman–Crippen LogP) is 7.98. The zero-order valence-electron chi connectivity index (χ0n) is 22.4. The monoisotopic (exact) mass is 560 g/mol. The smallest absolute Gasteiger partial charge is 0.303 e. The molecule has 4 rings (SSSR count). The third kappa shape index (κ3) is 9.00. The van der Waals surface area contributed by atoms with Crippen LogP contribution in [0, 0.1) is 6.92 Å². The summed E-state index contributed by atoms with van der Waals surface area (Å²) in [6.45, 7) is 2.55. The van der Waals surface area contributed by atoms with Crippen molar-refractivity contribution in [1.29, 1.82) is 0 Å². The van der Waals surface area contributed by atoms with Crippen molar-refractivity contribution in [3.63, 3.8) is 0 Å². The van der Waals surface area contributed by atoms with E-state index < -0.39 is 5.97 Å². The first-order valence-corrected chi connectivity index (χ1v) is 13.6. The number of ether oxygens (including phenoxy) is 1. The van der Waals surface area contributed by atoms with Gasteiger partial charge in [-0.3, -0.25) is 15.1 Å². The summed E-state index contributed by atoms with van der Waals surface area (Å²) in [6.07, 6.45) is 5.50. The van der Waals surface area contributed by atoms with E-state index in [1.807, 2.05) is 85.8 Å². The average molecular weight is 561 g/mol. The lowest BCUT2D eigenvalue weighted by molar-refractivity contribution is -0.137. The van der Waals surface area contributed by atoms with Crippen LogP contribution in [-0.4, -0.2) is 16.1 Å². The van der Waals surface area contributed by atoms with Gasteiger partial charge in [0, 0.05) is 17.0 Å². The van der Waals surface area contributed by atoms with Gasteiger partial charge in [-0.15, -0.1) is 0 Å². The molecule has 0 atom stereocenters. The van der Waals surface area contributed by atoms with Gasteiger partial charge in [0.15, 0.2) is 0 Å². The quantitative estimate of drug-likeness (QED) is 0.112. The minimum atomic E-state index is -0.755. The number of halogens is 1. The fourth-order valence-electron chi connectivity index (χ4n) is 3.99. The molecule has 40 heavy (non-hydrogen) atoms. The van der Waals surface area contributed by atoms with Crippen LogP contribution in [0.5, 0.6) is 5.75 Å². The number of benzene rings is 3. The van der Waals surface area contributed by atoms with Gasteiger partial charge < -0.3 is 14.3 Å². The van der Waals surface area contributed by atoms with Crippen molar-refractivity contribution in [2.45, 2.75) is 52.2 Å². The second-order valence-corrected chi connectivity index (χ2v) is 9.77. The number of hydrogen-bond acceptors (Lipinski definition) is 6. The molecule has 0 radical (unpaired) electrons. The number of carboxylic acids is 1. The highest BCUT2D eigenvalue weighted by Crippen LogP contribution is 2.23. The summed E-state index contributed by atoms with van der Waals surface area (Å²) >= 11 is 6.05. The number of nitrogens with one attached hydrogen (secondary N) is 1. The Balaban J connectivity index is 1.27. The van der Waals surface area contributed by atoms with Crippen LogP contribution >= 0.6 is 11.6 Å². The molecule has 0 aliphatic carbocycles. The molecule has 7 nitrogen and oxygen atoms in total. The topological polar surface area (TPSA) is 93.8 Å². The number of hydroxylamine groups is 1. The summed E-state index contributed by atoms with van der Waals surface area (Å²) in [5.74, 6) is 1.29. The summed E-state index contributed by atoms with van der Waals surface area (Å²) in [5.41, 5.74) is 7.54. The number of nitrogens with zero attached hydrogens (tertiary/aromatic N) is 1. The lowest BCUT2D eigenvalue weighted by Gasteiger charge is -2.13. The molecule has 0 amide bonds. The van der Waals surface area contributed by atoms with E-state index in [0.29, 0.717) is 30.5 Å². The maximum Gasteiger partial charge on any atom is 0.303 e. The second-order valence-electron chi connectivity index (χ2n) is 9.33. The Bertz CT molecular complexity index is 1380. The van der Waals surface area contributed by atoms with Crippen molar-refractivity contribution in [2.75, 3.05) is 0 Å². The first kappa shape index (κ1) is 28.9. The Kier molecular flexibility index (Phi) is 10.8. The molecule has 3 aromatic carbocycles. The number of aryl methyl sites for hydroxylation is 1. The lowest BCUT2D eigenvalue weighted by atomic mass is 10.1. The number of carbonyl (C=O) groups is 1. The third-order valence-corrected chi connectivity index (χ3v) is 6.48. The number of carboxylic acid groups (broad SMARTS) is 1. The third-order valence-electron chi connectivity index (χ3n) is 6.23. The summed E-state index contributed by atoms with van der Waals surface area (Å²) in [7, 11) is 0. The molecular formula is C32H33ClN2O5. The zero-order chi connectivity index (χ0) is 28.2. The highest BCUT2D eigenvalue weighted by molar-refractivity contribution is 6.30. The fraction of sp³-hybridized carbons (Fsp3) is 0.250. The number of rotatable bonds is 15. The molecule has 0 fully saturated rings. The van der Waals surface area contributed by atoms with Crippen molar-refractivity contribution in [1.82, 2.24) is 10.5 Å². The van der Waals surface area contributed by atoms with Crippen LogP contribution in [0.15, 0.2) is 89.4 Å². The molecule has 0 saturated carbocycles. The maximum absolute atomic E-state index is 10.7. The van der Waals surface area contributed by atoms with Crippen LogP contribution < -0.4 is 10.2 Å². The molecule has 2 N–H and O–H groups in total. The number of oxazole rings is 1. The van der Waals surface area contributed by atoms with Gasteiger partial charge in [-0.05, 0) is 73.7 Å². The van der Waals surface area contributed by atoms with Crippen LogP contribution in [-0.2, 0) is 22.8 Å². The average Bonchev–Trinajstić information content (AvgIpc) is 3.34. The molecule has 1 aromatic heterocycles. The van der Waals surface area contributed by atoms with Gasteiger partial charge in [0.25, 0.3) is 0 Å². The summed E-state index contributed by atoms with van der Waals surface area (Å²) in [5, 5.41) is 9.46. The van der Waals surface area contributed by atoms with Crippen LogP contribution in [0.2, 0.25) is 5.02 Å². The van der Waals surface area contributed by atoms with E-state index in [1.54, 1.807) is 0 Å². The van der Waals surface area contributed by atoms with Crippen molar-refractivity contribution in [2.24, 2.45) is 0 Å². The van der Waals surface area contributed by atoms with Crippen LogP contribution in [0.1, 0.15) is 54.7 Å². The zero-order valence-corrected chi connectivity index (χ0v) is 23.2. The van der Waals surface area contributed by atoms with E-state index in [2.05, 4.69) is 16.5 Å². The molecule has 0 aliphatic rings. The fourth-order valence-corrected chi connectivity index (χ4v) is 4.11. The number of allylic oxidation sites excluding steroid dienone is 1. The van der Waals surface area contributed by atoms with Gasteiger partial charge in [-0.25, -0.2) is 4.98 Å². The Morgan fingerprint density at radius 1 is 0.975 bits per heavy atom. The minimum absolute atomic E-state index is 0.202. The first-order chi connectivity index (χ1) is 19.5. The van der Waals surface area contributed by atoms with Crippen molar-refractivity contribution < 1.29 is 23.9 Å². The van der Waals surface area contributed by atoms with E-state index in [1.165, 1.54) is 0 Å². The number of aromatic nitrogens is 1. The van der Waals surface area contributed by atoms with Crippen LogP contribution in [0.3, 0.4) is 0 Å². The molecule has 4 aromatic rings. The van der Waals surface area contributed by atoms with Gasteiger partial charge in [0.05, 0.1) is 12.3 Å². The highest BCUT2D eigenvalue weighted by atomic mass is 35.5. The molecule has 0 saturated heterocycles. The van der Waals surface area contributed by atoms with Crippen molar-refractivity contribution in [3.05, 3.63) is 113 Å². The standard InChI is InChI=1S/C32H33ClN2O5/c1-23-30(34-32(40-23)26-9-5-4-6-10-26)22-38-28-19-13-24(14-20-28)21-39-35-29(25-15-17-27(33)18-16-25)11-7-2-3-8-12-31(36)37/h4-6,9-11,13-20,35H,2-3,7-8,12,21-22H2,1H3,(H,36,37). The van der Waals surface area contributed by atoms with E-state index in [9.17, 15) is 4.79 Å². The van der Waals surface area contributed by atoms with Gasteiger partial charge in [-0.2, -0.15) is 0 Å². The Morgan fingerprint density at radius 2 is 1.73 bits per heavy atom. The Labute approximate surface area is 239 Å². The maximum atomic E-state index is 10.7. The largest absolute Gasteiger partial charge is 0.487 e. The molecule has 8 heteroatoms. The van der Waals surface area contributed by atoms with Gasteiger partial charge >= 0.3 is 5.97 Å². The predicted molar refractivity (Wildman–Crippen MR) is 156 cm³/mol. The molecule has 0 aliphatic heterocycles. The highest BCUT2D eigenvalue weighted by Gasteiger charge is 2.12. The van der Waals surface area contributed by atoms with E-state index in [-0.39, 0.29) is 6.42 Å². The van der Waals surface area contributed by atoms with Gasteiger partial charge in [0.1, 0.15) is 23.8 Å². The minimum Gasteiger partial charge on any atom is -0.487 e. The number of hydrogen-bond donors (Lipinski definition) is 2. The molecule has 208 valence electrons. The molecule has 1 heterocycles. The summed E-state index contributed by atoms with van der Waals surface area (Å²) < 4.78 is 11.8. The second kappa shape index (κ2) is 14.9. The lowest BCUT2D eigenvalue weighted by Crippen LogP contribution is -2.13. The van der Waals surface area contributed by atoms with E-state index in [0.717, 1.165) is 58.9 Å². The Morgan fingerprint density at radius 3 is 2.45 bits per heavy atom. The normalized spacial score (nSPS) is 11.4. The SMILES string of the molecule is Cc1oc(-c2ccccc2)nc1COc1ccc(CONC(=CCCCCCC(=O)O)c2ccc(Cl)cc2)cc1. The van der Waals surface area contributed by atoms with E-state index in [4.69, 9.17) is 30.7 Å². The van der Waals surface area contributed by atoms with Gasteiger partial charge in [0.2, 0.25) is 5.89 Å². The summed E-state index contributed by atoms with van der Waals surface area (Å²) in [4.78, 5) is 21.1. The summed E-state index contributed by atoms with van der Waals surface area (Å²) in [6, 6.07) is 25.0. The van der Waals surface area contributed by atoms with E-state index >= 15 is 0 Å². The van der Waals surface area contributed by atoms with Crippen LogP contribution in [0.25, 0.3) is 17.2 Å². The molecule has 0 bridgehead atoms.